The zero-order chi connectivity index (χ0) is 20.2. The van der Waals surface area contributed by atoms with E-state index in [0.717, 1.165) is 22.7 Å². The molecule has 2 aromatic carbocycles. The summed E-state index contributed by atoms with van der Waals surface area (Å²) in [6, 6.07) is 13.3. The maximum absolute atomic E-state index is 9.57. The van der Waals surface area contributed by atoms with E-state index in [1.54, 1.807) is 32.6 Å². The van der Waals surface area contributed by atoms with Crippen LogP contribution in [0.25, 0.3) is 16.8 Å². The number of hydrogen-bond donors (Lipinski definition) is 1. The number of thiazole rings is 1. The van der Waals surface area contributed by atoms with E-state index in [-0.39, 0.29) is 6.79 Å². The van der Waals surface area contributed by atoms with Crippen LogP contribution in [-0.4, -0.2) is 26.0 Å². The number of nitrogens with one attached hydrogen (secondary N) is 1. The predicted octanol–water partition coefficient (Wildman–Crippen LogP) is 4.53. The fraction of sp³-hybridized carbons (Fsp3) is 0.143. The molecule has 146 valence electrons. The molecule has 3 aromatic rings. The molecule has 1 N–H and O–H groups in total. The average Bonchev–Trinajstić information content (AvgIpc) is 3.43. The normalized spacial score (nSPS) is 12.4. The van der Waals surface area contributed by atoms with Gasteiger partial charge in [-0.15, -0.1) is 11.3 Å². The van der Waals surface area contributed by atoms with E-state index >= 15 is 0 Å². The summed E-state index contributed by atoms with van der Waals surface area (Å²) in [5, 5.41) is 15.2. The Morgan fingerprint density at radius 2 is 1.97 bits per heavy atom. The number of anilines is 1. The first kappa shape index (κ1) is 18.7. The first-order valence-corrected chi connectivity index (χ1v) is 9.54. The molecule has 2 heterocycles. The second-order valence-corrected chi connectivity index (χ2v) is 6.85. The summed E-state index contributed by atoms with van der Waals surface area (Å²) in [4.78, 5) is 4.60. The van der Waals surface area contributed by atoms with Crippen molar-refractivity contribution in [2.24, 2.45) is 0 Å². The Balaban J connectivity index is 1.55. The lowest BCUT2D eigenvalue weighted by Crippen LogP contribution is -1.94. The minimum atomic E-state index is 0.226. The van der Waals surface area contributed by atoms with Crippen molar-refractivity contribution in [1.82, 2.24) is 4.98 Å². The molecule has 0 spiro atoms. The highest BCUT2D eigenvalue weighted by molar-refractivity contribution is 7.11. The monoisotopic (exact) mass is 407 g/mol. The molecule has 0 fully saturated rings. The SMILES string of the molecule is COc1ccc(NC=C(C#N)c2nc(-c3ccc4c(c3)OCO4)cs2)cc1OC. The van der Waals surface area contributed by atoms with Crippen LogP contribution >= 0.6 is 11.3 Å². The van der Waals surface area contributed by atoms with Crippen molar-refractivity contribution in [2.45, 2.75) is 0 Å². The van der Waals surface area contributed by atoms with Gasteiger partial charge in [0.15, 0.2) is 23.0 Å². The van der Waals surface area contributed by atoms with Gasteiger partial charge < -0.3 is 24.3 Å². The molecule has 1 aromatic heterocycles. The lowest BCUT2D eigenvalue weighted by Gasteiger charge is -2.09. The Morgan fingerprint density at radius 3 is 2.76 bits per heavy atom. The molecule has 0 aliphatic carbocycles. The van der Waals surface area contributed by atoms with Crippen molar-refractivity contribution in [1.29, 1.82) is 5.26 Å². The van der Waals surface area contributed by atoms with Crippen LogP contribution in [0.5, 0.6) is 23.0 Å². The van der Waals surface area contributed by atoms with E-state index in [1.807, 2.05) is 29.6 Å². The first-order valence-electron chi connectivity index (χ1n) is 8.66. The topological polar surface area (TPSA) is 85.6 Å². The molecule has 0 saturated carbocycles. The summed E-state index contributed by atoms with van der Waals surface area (Å²) in [6.07, 6.45) is 1.63. The number of benzene rings is 2. The highest BCUT2D eigenvalue weighted by Crippen LogP contribution is 2.36. The Kier molecular flexibility index (Phi) is 5.22. The molecule has 7 nitrogen and oxygen atoms in total. The number of fused-ring (bicyclic) bond motifs is 1. The Labute approximate surface area is 171 Å². The highest BCUT2D eigenvalue weighted by atomic mass is 32.1. The number of methoxy groups -OCH3 is 2. The Bertz CT molecular complexity index is 1120. The number of aromatic nitrogens is 1. The minimum absolute atomic E-state index is 0.226. The number of hydrogen-bond acceptors (Lipinski definition) is 8. The van der Waals surface area contributed by atoms with Gasteiger partial charge in [-0.3, -0.25) is 0 Å². The average molecular weight is 407 g/mol. The molecule has 0 atom stereocenters. The predicted molar refractivity (Wildman–Crippen MR) is 110 cm³/mol. The van der Waals surface area contributed by atoms with E-state index in [0.29, 0.717) is 27.8 Å². The van der Waals surface area contributed by atoms with Crippen LogP contribution in [-0.2, 0) is 0 Å². The van der Waals surface area contributed by atoms with Crippen LogP contribution in [0.1, 0.15) is 5.01 Å². The third kappa shape index (κ3) is 3.81. The van der Waals surface area contributed by atoms with Crippen molar-refractivity contribution in [3.63, 3.8) is 0 Å². The van der Waals surface area contributed by atoms with Crippen molar-refractivity contribution in [3.8, 4) is 40.3 Å². The largest absolute Gasteiger partial charge is 0.493 e. The third-order valence-electron chi connectivity index (χ3n) is 4.29. The third-order valence-corrected chi connectivity index (χ3v) is 5.17. The van der Waals surface area contributed by atoms with Gasteiger partial charge in [0, 0.05) is 28.9 Å². The number of nitrogens with zero attached hydrogens (tertiary/aromatic N) is 2. The quantitative estimate of drug-likeness (QED) is 0.601. The molecule has 4 rings (SSSR count). The summed E-state index contributed by atoms with van der Waals surface area (Å²) in [5.41, 5.74) is 2.87. The Morgan fingerprint density at radius 1 is 1.14 bits per heavy atom. The van der Waals surface area contributed by atoms with Crippen LogP contribution in [0, 0.1) is 11.3 Å². The first-order chi connectivity index (χ1) is 14.2. The molecule has 1 aliphatic rings. The van der Waals surface area contributed by atoms with E-state index in [4.69, 9.17) is 18.9 Å². The molecule has 0 bridgehead atoms. The van der Waals surface area contributed by atoms with Crippen LogP contribution < -0.4 is 24.3 Å². The van der Waals surface area contributed by atoms with Gasteiger partial charge in [0.2, 0.25) is 6.79 Å². The van der Waals surface area contributed by atoms with Crippen LogP contribution in [0.15, 0.2) is 48.0 Å². The zero-order valence-corrected chi connectivity index (χ0v) is 16.6. The van der Waals surface area contributed by atoms with Crippen molar-refractivity contribution in [3.05, 3.63) is 53.0 Å². The molecule has 0 saturated heterocycles. The summed E-state index contributed by atoms with van der Waals surface area (Å²) >= 11 is 1.40. The number of ether oxygens (including phenoxy) is 4. The summed E-state index contributed by atoms with van der Waals surface area (Å²) < 4.78 is 21.3. The number of allylic oxidation sites excluding steroid dienone is 1. The summed E-state index contributed by atoms with van der Waals surface area (Å²) in [6.45, 7) is 0.226. The summed E-state index contributed by atoms with van der Waals surface area (Å²) in [7, 11) is 3.16. The van der Waals surface area contributed by atoms with E-state index in [2.05, 4.69) is 16.4 Å². The maximum Gasteiger partial charge on any atom is 0.231 e. The van der Waals surface area contributed by atoms with Crippen molar-refractivity contribution < 1.29 is 18.9 Å². The number of nitriles is 1. The second kappa shape index (κ2) is 8.12. The number of rotatable bonds is 6. The lowest BCUT2D eigenvalue weighted by atomic mass is 10.1. The van der Waals surface area contributed by atoms with Crippen molar-refractivity contribution >= 4 is 22.6 Å². The molecule has 0 radical (unpaired) electrons. The van der Waals surface area contributed by atoms with E-state index in [9.17, 15) is 5.26 Å². The molecule has 1 aliphatic heterocycles. The molecular formula is C21H17N3O4S. The van der Waals surface area contributed by atoms with Gasteiger partial charge in [0.05, 0.1) is 19.9 Å². The fourth-order valence-corrected chi connectivity index (χ4v) is 3.60. The maximum atomic E-state index is 9.57. The zero-order valence-electron chi connectivity index (χ0n) is 15.8. The lowest BCUT2D eigenvalue weighted by molar-refractivity contribution is 0.174. The van der Waals surface area contributed by atoms with E-state index < -0.39 is 0 Å². The standard InChI is InChI=1S/C21H17N3O4S/c1-25-17-6-4-15(8-19(17)26-2)23-10-14(9-22)21-24-16(11-29-21)13-3-5-18-20(7-13)28-12-27-18/h3-8,10-11,23H,12H2,1-2H3. The minimum Gasteiger partial charge on any atom is -0.493 e. The second-order valence-electron chi connectivity index (χ2n) is 5.99. The van der Waals surface area contributed by atoms with Gasteiger partial charge in [-0.05, 0) is 30.3 Å². The van der Waals surface area contributed by atoms with Crippen LogP contribution in [0.2, 0.25) is 0 Å². The molecule has 29 heavy (non-hydrogen) atoms. The van der Waals surface area contributed by atoms with E-state index in [1.165, 1.54) is 11.3 Å². The molecule has 0 unspecified atom stereocenters. The van der Waals surface area contributed by atoms with Crippen molar-refractivity contribution in [2.75, 3.05) is 26.3 Å². The highest BCUT2D eigenvalue weighted by Gasteiger charge is 2.16. The van der Waals surface area contributed by atoms with Gasteiger partial charge in [-0.2, -0.15) is 5.26 Å². The molecule has 0 amide bonds. The van der Waals surface area contributed by atoms with Gasteiger partial charge in [-0.1, -0.05) is 0 Å². The molecular weight excluding hydrogens is 390 g/mol. The van der Waals surface area contributed by atoms with Gasteiger partial charge in [0.1, 0.15) is 16.6 Å². The smallest absolute Gasteiger partial charge is 0.231 e. The summed E-state index contributed by atoms with van der Waals surface area (Å²) in [5.74, 6) is 2.66. The fourth-order valence-electron chi connectivity index (χ4n) is 2.81. The van der Waals surface area contributed by atoms with Gasteiger partial charge in [0.25, 0.3) is 0 Å². The van der Waals surface area contributed by atoms with Gasteiger partial charge in [-0.25, -0.2) is 4.98 Å². The Hall–Kier alpha value is -3.70. The molecule has 8 heteroatoms. The van der Waals surface area contributed by atoms with Crippen LogP contribution in [0.3, 0.4) is 0 Å². The van der Waals surface area contributed by atoms with Crippen LogP contribution in [0.4, 0.5) is 5.69 Å². The van der Waals surface area contributed by atoms with Gasteiger partial charge >= 0.3 is 0 Å².